The van der Waals surface area contributed by atoms with Gasteiger partial charge in [0.2, 0.25) is 0 Å². The van der Waals surface area contributed by atoms with Gasteiger partial charge in [0.25, 0.3) is 0 Å². The van der Waals surface area contributed by atoms with E-state index in [4.69, 9.17) is 5.73 Å². The fourth-order valence-corrected chi connectivity index (χ4v) is 1.60. The van der Waals surface area contributed by atoms with Crippen LogP contribution in [0.1, 0.15) is 45.7 Å². The number of hydrogen-bond donors (Lipinski definition) is 1. The molecule has 1 aromatic rings. The SMILES string of the molecule is CC(C)CCn1ncc(N)c1C(C)C. The van der Waals surface area contributed by atoms with Crippen molar-refractivity contribution in [2.75, 3.05) is 5.73 Å². The lowest BCUT2D eigenvalue weighted by Crippen LogP contribution is -2.09. The molecule has 0 radical (unpaired) electrons. The predicted octanol–water partition coefficient (Wildman–Crippen LogP) is 2.63. The van der Waals surface area contributed by atoms with E-state index in [-0.39, 0.29) is 0 Å². The second-order valence-electron chi connectivity index (χ2n) is 4.55. The maximum absolute atomic E-state index is 5.87. The highest BCUT2D eigenvalue weighted by Gasteiger charge is 2.11. The quantitative estimate of drug-likeness (QED) is 0.802. The molecule has 0 saturated carbocycles. The van der Waals surface area contributed by atoms with Crippen molar-refractivity contribution in [3.8, 4) is 0 Å². The summed E-state index contributed by atoms with van der Waals surface area (Å²) in [5, 5.41) is 4.30. The zero-order valence-corrected chi connectivity index (χ0v) is 9.62. The summed E-state index contributed by atoms with van der Waals surface area (Å²) in [7, 11) is 0. The lowest BCUT2D eigenvalue weighted by molar-refractivity contribution is 0.470. The number of rotatable bonds is 4. The molecular weight excluding hydrogens is 174 g/mol. The molecule has 0 aliphatic heterocycles. The van der Waals surface area contributed by atoms with Gasteiger partial charge in [-0.25, -0.2) is 0 Å². The summed E-state index contributed by atoms with van der Waals surface area (Å²) in [6.07, 6.45) is 2.91. The van der Waals surface area contributed by atoms with Gasteiger partial charge in [0.1, 0.15) is 0 Å². The third kappa shape index (κ3) is 2.50. The number of hydrogen-bond acceptors (Lipinski definition) is 2. The summed E-state index contributed by atoms with van der Waals surface area (Å²) in [6, 6.07) is 0. The Kier molecular flexibility index (Phi) is 3.55. The maximum Gasteiger partial charge on any atom is 0.0735 e. The Balaban J connectivity index is 2.76. The number of nitrogens with two attached hydrogens (primary N) is 1. The number of nitrogen functional groups attached to an aromatic ring is 1. The molecular formula is C11H21N3. The molecule has 0 aliphatic carbocycles. The van der Waals surface area contributed by atoms with Crippen molar-refractivity contribution < 1.29 is 0 Å². The normalized spacial score (nSPS) is 11.6. The first kappa shape index (κ1) is 11.1. The van der Waals surface area contributed by atoms with E-state index < -0.39 is 0 Å². The molecule has 1 heterocycles. The Morgan fingerprint density at radius 2 is 2.00 bits per heavy atom. The molecule has 1 rings (SSSR count). The highest BCUT2D eigenvalue weighted by molar-refractivity contribution is 5.42. The minimum Gasteiger partial charge on any atom is -0.396 e. The van der Waals surface area contributed by atoms with Crippen LogP contribution in [-0.2, 0) is 6.54 Å². The van der Waals surface area contributed by atoms with Crippen LogP contribution < -0.4 is 5.73 Å². The van der Waals surface area contributed by atoms with Crippen LogP contribution in [-0.4, -0.2) is 9.78 Å². The standard InChI is InChI=1S/C11H21N3/c1-8(2)5-6-14-11(9(3)4)10(12)7-13-14/h7-9H,5-6,12H2,1-4H3. The molecule has 0 spiro atoms. The highest BCUT2D eigenvalue weighted by Crippen LogP contribution is 2.21. The lowest BCUT2D eigenvalue weighted by atomic mass is 10.1. The van der Waals surface area contributed by atoms with Crippen molar-refractivity contribution in [3.05, 3.63) is 11.9 Å². The van der Waals surface area contributed by atoms with Crippen molar-refractivity contribution in [1.82, 2.24) is 9.78 Å². The molecule has 0 bridgehead atoms. The van der Waals surface area contributed by atoms with Gasteiger partial charge in [-0.1, -0.05) is 27.7 Å². The topological polar surface area (TPSA) is 43.8 Å². The predicted molar refractivity (Wildman–Crippen MR) is 60.2 cm³/mol. The van der Waals surface area contributed by atoms with Gasteiger partial charge in [-0.3, -0.25) is 4.68 Å². The van der Waals surface area contributed by atoms with Crippen LogP contribution in [0.4, 0.5) is 5.69 Å². The van der Waals surface area contributed by atoms with E-state index >= 15 is 0 Å². The molecule has 14 heavy (non-hydrogen) atoms. The van der Waals surface area contributed by atoms with Crippen molar-refractivity contribution in [2.24, 2.45) is 5.92 Å². The molecule has 80 valence electrons. The first-order chi connectivity index (χ1) is 6.52. The smallest absolute Gasteiger partial charge is 0.0735 e. The molecule has 0 amide bonds. The zero-order chi connectivity index (χ0) is 10.7. The molecule has 3 nitrogen and oxygen atoms in total. The van der Waals surface area contributed by atoms with Crippen LogP contribution in [0.25, 0.3) is 0 Å². The van der Waals surface area contributed by atoms with Crippen LogP contribution >= 0.6 is 0 Å². The van der Waals surface area contributed by atoms with Crippen molar-refractivity contribution in [3.63, 3.8) is 0 Å². The average Bonchev–Trinajstić information content (AvgIpc) is 2.43. The Morgan fingerprint density at radius 1 is 1.36 bits per heavy atom. The van der Waals surface area contributed by atoms with Gasteiger partial charge in [-0.2, -0.15) is 5.10 Å². The summed E-state index contributed by atoms with van der Waals surface area (Å²) < 4.78 is 2.04. The second kappa shape index (κ2) is 4.49. The van der Waals surface area contributed by atoms with E-state index in [1.807, 2.05) is 4.68 Å². The van der Waals surface area contributed by atoms with E-state index in [1.165, 1.54) is 5.69 Å². The van der Waals surface area contributed by atoms with Crippen molar-refractivity contribution in [1.29, 1.82) is 0 Å². The van der Waals surface area contributed by atoms with E-state index in [9.17, 15) is 0 Å². The Bertz CT molecular complexity index is 287. The number of nitrogens with zero attached hydrogens (tertiary/aromatic N) is 2. The summed E-state index contributed by atoms with van der Waals surface area (Å²) in [5.74, 6) is 1.16. The van der Waals surface area contributed by atoms with Gasteiger partial charge >= 0.3 is 0 Å². The molecule has 0 aromatic carbocycles. The van der Waals surface area contributed by atoms with Crippen LogP contribution in [0, 0.1) is 5.92 Å². The maximum atomic E-state index is 5.87. The van der Waals surface area contributed by atoms with Gasteiger partial charge in [0.05, 0.1) is 17.6 Å². The Labute approximate surface area is 86.3 Å². The third-order valence-electron chi connectivity index (χ3n) is 2.38. The molecule has 0 atom stereocenters. The largest absolute Gasteiger partial charge is 0.396 e. The molecule has 0 aliphatic rings. The first-order valence-corrected chi connectivity index (χ1v) is 5.33. The average molecular weight is 195 g/mol. The molecule has 0 saturated heterocycles. The number of aryl methyl sites for hydroxylation is 1. The van der Waals surface area contributed by atoms with Gasteiger partial charge < -0.3 is 5.73 Å². The molecule has 1 aromatic heterocycles. The van der Waals surface area contributed by atoms with E-state index in [1.54, 1.807) is 6.20 Å². The fraction of sp³-hybridized carbons (Fsp3) is 0.727. The molecule has 2 N–H and O–H groups in total. The van der Waals surface area contributed by atoms with Gasteiger partial charge in [0.15, 0.2) is 0 Å². The molecule has 0 unspecified atom stereocenters. The van der Waals surface area contributed by atoms with E-state index in [2.05, 4.69) is 32.8 Å². The van der Waals surface area contributed by atoms with Crippen LogP contribution in [0.2, 0.25) is 0 Å². The van der Waals surface area contributed by atoms with Gasteiger partial charge in [-0.15, -0.1) is 0 Å². The van der Waals surface area contributed by atoms with E-state index in [0.717, 1.165) is 18.7 Å². The minimum atomic E-state index is 0.449. The Hall–Kier alpha value is -0.990. The zero-order valence-electron chi connectivity index (χ0n) is 9.62. The van der Waals surface area contributed by atoms with E-state index in [0.29, 0.717) is 11.8 Å². The number of aromatic nitrogens is 2. The van der Waals surface area contributed by atoms with Crippen molar-refractivity contribution in [2.45, 2.75) is 46.6 Å². The first-order valence-electron chi connectivity index (χ1n) is 5.33. The lowest BCUT2D eigenvalue weighted by Gasteiger charge is -2.12. The van der Waals surface area contributed by atoms with Gasteiger partial charge in [-0.05, 0) is 18.3 Å². The number of anilines is 1. The van der Waals surface area contributed by atoms with Crippen LogP contribution in [0.5, 0.6) is 0 Å². The molecule has 3 heteroatoms. The minimum absolute atomic E-state index is 0.449. The van der Waals surface area contributed by atoms with Crippen LogP contribution in [0.3, 0.4) is 0 Å². The van der Waals surface area contributed by atoms with Crippen molar-refractivity contribution >= 4 is 5.69 Å². The summed E-state index contributed by atoms with van der Waals surface area (Å²) in [6.45, 7) is 9.73. The third-order valence-corrected chi connectivity index (χ3v) is 2.38. The highest BCUT2D eigenvalue weighted by atomic mass is 15.3. The summed E-state index contributed by atoms with van der Waals surface area (Å²) in [4.78, 5) is 0. The van der Waals surface area contributed by atoms with Crippen LogP contribution in [0.15, 0.2) is 6.20 Å². The monoisotopic (exact) mass is 195 g/mol. The summed E-state index contributed by atoms with van der Waals surface area (Å²) >= 11 is 0. The Morgan fingerprint density at radius 3 is 2.50 bits per heavy atom. The fourth-order valence-electron chi connectivity index (χ4n) is 1.60. The molecule has 0 fully saturated rings. The summed E-state index contributed by atoms with van der Waals surface area (Å²) in [5.41, 5.74) is 7.86. The van der Waals surface area contributed by atoms with Gasteiger partial charge in [0, 0.05) is 6.54 Å². The second-order valence-corrected chi connectivity index (χ2v) is 4.55.